The lowest BCUT2D eigenvalue weighted by molar-refractivity contribution is 0.0704. The Morgan fingerprint density at radius 2 is 2.04 bits per heavy atom. The van der Waals surface area contributed by atoms with Gasteiger partial charge < -0.3 is 9.88 Å². The molecule has 25 heavy (non-hydrogen) atoms. The van der Waals surface area contributed by atoms with Crippen molar-refractivity contribution in [3.63, 3.8) is 0 Å². The van der Waals surface area contributed by atoms with Crippen molar-refractivity contribution in [3.8, 4) is 0 Å². The molecule has 1 aliphatic rings. The first-order valence-electron chi connectivity index (χ1n) is 8.93. The molecule has 1 aliphatic heterocycles. The van der Waals surface area contributed by atoms with Crippen LogP contribution >= 0.6 is 0 Å². The number of aromatic nitrogens is 2. The summed E-state index contributed by atoms with van der Waals surface area (Å²) < 4.78 is 0. The highest BCUT2D eigenvalue weighted by Gasteiger charge is 2.27. The Morgan fingerprint density at radius 3 is 2.84 bits per heavy atom. The average molecular weight is 333 g/mol. The fraction of sp³-hybridized carbons (Fsp3) is 0.333. The molecule has 4 heteroatoms. The van der Waals surface area contributed by atoms with E-state index in [1.165, 1.54) is 5.56 Å². The van der Waals surface area contributed by atoms with Gasteiger partial charge in [0.2, 0.25) is 0 Å². The molecule has 1 amide bonds. The summed E-state index contributed by atoms with van der Waals surface area (Å²) in [6.07, 6.45) is 2.08. The van der Waals surface area contributed by atoms with Crippen LogP contribution in [0.1, 0.15) is 46.1 Å². The second kappa shape index (κ2) is 6.36. The maximum absolute atomic E-state index is 13.0. The molecule has 2 aromatic carbocycles. The highest BCUT2D eigenvalue weighted by Crippen LogP contribution is 2.28. The number of para-hydroxylation sites is 2. The number of aromatic amines is 1. The van der Waals surface area contributed by atoms with Crippen LogP contribution in [0.4, 0.5) is 0 Å². The Hall–Kier alpha value is -2.62. The van der Waals surface area contributed by atoms with Crippen molar-refractivity contribution in [1.29, 1.82) is 0 Å². The summed E-state index contributed by atoms with van der Waals surface area (Å²) in [5, 5.41) is 0. The standard InChI is InChI=1S/C21H23N3O/c1-14-9-10-17(15(2)12-14)21(25)24-11-5-6-16(13-24)20-22-18-7-3-4-8-19(18)23-20/h3-4,7-10,12,16H,5-6,11,13H2,1-2H3,(H,22,23). The van der Waals surface area contributed by atoms with Crippen molar-refractivity contribution >= 4 is 16.9 Å². The number of benzene rings is 2. The predicted octanol–water partition coefficient (Wildman–Crippen LogP) is 4.20. The minimum Gasteiger partial charge on any atom is -0.342 e. The van der Waals surface area contributed by atoms with E-state index in [4.69, 9.17) is 4.98 Å². The molecule has 1 fully saturated rings. The minimum absolute atomic E-state index is 0.137. The van der Waals surface area contributed by atoms with Crippen LogP contribution in [0.5, 0.6) is 0 Å². The number of carbonyl (C=O) groups is 1. The van der Waals surface area contributed by atoms with Crippen molar-refractivity contribution in [1.82, 2.24) is 14.9 Å². The Bertz CT molecular complexity index is 895. The second-order valence-corrected chi connectivity index (χ2v) is 7.05. The van der Waals surface area contributed by atoms with Gasteiger partial charge in [0, 0.05) is 24.6 Å². The first kappa shape index (κ1) is 15.9. The van der Waals surface area contributed by atoms with E-state index in [2.05, 4.69) is 18.0 Å². The summed E-state index contributed by atoms with van der Waals surface area (Å²) in [6.45, 7) is 5.62. The summed E-state index contributed by atoms with van der Waals surface area (Å²) >= 11 is 0. The zero-order valence-corrected chi connectivity index (χ0v) is 14.7. The lowest BCUT2D eigenvalue weighted by Crippen LogP contribution is -2.39. The molecule has 1 N–H and O–H groups in total. The van der Waals surface area contributed by atoms with E-state index < -0.39 is 0 Å². The fourth-order valence-corrected chi connectivity index (χ4v) is 3.77. The van der Waals surface area contributed by atoms with Gasteiger partial charge in [-0.2, -0.15) is 0 Å². The number of fused-ring (bicyclic) bond motifs is 1. The first-order valence-corrected chi connectivity index (χ1v) is 8.93. The summed E-state index contributed by atoms with van der Waals surface area (Å²) in [4.78, 5) is 23.1. The number of carbonyl (C=O) groups excluding carboxylic acids is 1. The van der Waals surface area contributed by atoms with Gasteiger partial charge >= 0.3 is 0 Å². The number of nitrogens with one attached hydrogen (secondary N) is 1. The monoisotopic (exact) mass is 333 g/mol. The molecule has 1 atom stereocenters. The van der Waals surface area contributed by atoms with Crippen molar-refractivity contribution < 1.29 is 4.79 Å². The van der Waals surface area contributed by atoms with Crippen LogP contribution in [0.15, 0.2) is 42.5 Å². The lowest BCUT2D eigenvalue weighted by Gasteiger charge is -2.32. The van der Waals surface area contributed by atoms with Gasteiger partial charge in [-0.3, -0.25) is 4.79 Å². The molecule has 4 rings (SSSR count). The van der Waals surface area contributed by atoms with Crippen molar-refractivity contribution in [2.24, 2.45) is 0 Å². The summed E-state index contributed by atoms with van der Waals surface area (Å²) in [5.74, 6) is 1.41. The molecule has 0 saturated carbocycles. The van der Waals surface area contributed by atoms with E-state index >= 15 is 0 Å². The Kier molecular flexibility index (Phi) is 4.04. The van der Waals surface area contributed by atoms with Crippen molar-refractivity contribution in [2.45, 2.75) is 32.6 Å². The highest BCUT2D eigenvalue weighted by molar-refractivity contribution is 5.95. The van der Waals surface area contributed by atoms with Crippen LogP contribution in [0, 0.1) is 13.8 Å². The molecule has 1 aromatic heterocycles. The quantitative estimate of drug-likeness (QED) is 0.764. The molecule has 2 heterocycles. The first-order chi connectivity index (χ1) is 12.1. The normalized spacial score (nSPS) is 17.8. The van der Waals surface area contributed by atoms with Gasteiger partial charge in [-0.15, -0.1) is 0 Å². The highest BCUT2D eigenvalue weighted by atomic mass is 16.2. The third-order valence-electron chi connectivity index (χ3n) is 5.12. The number of aryl methyl sites for hydroxylation is 2. The Balaban J connectivity index is 1.57. The third-order valence-corrected chi connectivity index (χ3v) is 5.12. The number of likely N-dealkylation sites (tertiary alicyclic amines) is 1. The molecular weight excluding hydrogens is 310 g/mol. The summed E-state index contributed by atoms with van der Waals surface area (Å²) in [6, 6.07) is 14.1. The van der Waals surface area contributed by atoms with Crippen LogP contribution in [0.25, 0.3) is 11.0 Å². The van der Waals surface area contributed by atoms with Crippen LogP contribution in [-0.4, -0.2) is 33.9 Å². The number of nitrogens with zero attached hydrogens (tertiary/aromatic N) is 2. The van der Waals surface area contributed by atoms with Crippen LogP contribution in [0.3, 0.4) is 0 Å². The Morgan fingerprint density at radius 1 is 1.20 bits per heavy atom. The number of imidazole rings is 1. The average Bonchev–Trinajstić information content (AvgIpc) is 3.05. The number of amides is 1. The molecule has 0 radical (unpaired) electrons. The molecule has 1 saturated heterocycles. The molecule has 0 bridgehead atoms. The van der Waals surface area contributed by atoms with Gasteiger partial charge in [-0.25, -0.2) is 4.98 Å². The summed E-state index contributed by atoms with van der Waals surface area (Å²) in [7, 11) is 0. The number of hydrogen-bond donors (Lipinski definition) is 1. The van der Waals surface area contributed by atoms with E-state index in [9.17, 15) is 4.79 Å². The lowest BCUT2D eigenvalue weighted by atomic mass is 9.96. The van der Waals surface area contributed by atoms with Crippen LogP contribution in [-0.2, 0) is 0 Å². The SMILES string of the molecule is Cc1ccc(C(=O)N2CCCC(c3nc4ccccc4[nH]3)C2)c(C)c1. The largest absolute Gasteiger partial charge is 0.342 e. The predicted molar refractivity (Wildman–Crippen MR) is 99.9 cm³/mol. The number of H-pyrrole nitrogens is 1. The van der Waals surface area contributed by atoms with Gasteiger partial charge in [0.05, 0.1) is 11.0 Å². The van der Waals surface area contributed by atoms with E-state index in [1.807, 2.05) is 48.2 Å². The van der Waals surface area contributed by atoms with Gasteiger partial charge in [-0.05, 0) is 50.5 Å². The van der Waals surface area contributed by atoms with Gasteiger partial charge in [0.25, 0.3) is 5.91 Å². The minimum atomic E-state index is 0.137. The van der Waals surface area contributed by atoms with Gasteiger partial charge in [0.15, 0.2) is 0 Å². The molecule has 0 spiro atoms. The molecule has 3 aromatic rings. The van der Waals surface area contributed by atoms with E-state index in [-0.39, 0.29) is 11.8 Å². The maximum atomic E-state index is 13.0. The van der Waals surface area contributed by atoms with E-state index in [1.54, 1.807) is 0 Å². The molecule has 0 aliphatic carbocycles. The number of rotatable bonds is 2. The smallest absolute Gasteiger partial charge is 0.254 e. The number of piperidine rings is 1. The zero-order chi connectivity index (χ0) is 17.4. The topological polar surface area (TPSA) is 49.0 Å². The van der Waals surface area contributed by atoms with Gasteiger partial charge in [-0.1, -0.05) is 29.8 Å². The summed E-state index contributed by atoms with van der Waals surface area (Å²) in [5.41, 5.74) is 5.12. The van der Waals surface area contributed by atoms with Crippen LogP contribution < -0.4 is 0 Å². The molecular formula is C21H23N3O. The van der Waals surface area contributed by atoms with Gasteiger partial charge in [0.1, 0.15) is 5.82 Å². The van der Waals surface area contributed by atoms with Crippen LogP contribution in [0.2, 0.25) is 0 Å². The van der Waals surface area contributed by atoms with E-state index in [0.29, 0.717) is 0 Å². The van der Waals surface area contributed by atoms with Crippen molar-refractivity contribution in [3.05, 3.63) is 65.0 Å². The molecule has 4 nitrogen and oxygen atoms in total. The number of hydrogen-bond acceptors (Lipinski definition) is 2. The van der Waals surface area contributed by atoms with E-state index in [0.717, 1.165) is 53.9 Å². The fourth-order valence-electron chi connectivity index (χ4n) is 3.77. The van der Waals surface area contributed by atoms with Crippen molar-refractivity contribution in [2.75, 3.05) is 13.1 Å². The maximum Gasteiger partial charge on any atom is 0.254 e. The second-order valence-electron chi connectivity index (χ2n) is 7.05. The molecule has 128 valence electrons. The zero-order valence-electron chi connectivity index (χ0n) is 14.7. The Labute approximate surface area is 147 Å². The molecule has 1 unspecified atom stereocenters. The third kappa shape index (κ3) is 3.04.